The van der Waals surface area contributed by atoms with Crippen LogP contribution in [-0.4, -0.2) is 68.4 Å². The van der Waals surface area contributed by atoms with Crippen molar-refractivity contribution in [1.82, 2.24) is 19.3 Å². The number of nitrogen functional groups attached to an aromatic ring is 1. The number of hydrogen-bond donors (Lipinski definition) is 3. The number of hydrogen-bond acceptors (Lipinski definition) is 8. The number of fused-ring (bicyclic) bond motifs is 1. The molecule has 4 rings (SSSR count). The number of aromatic nitrogens is 3. The molecule has 4 N–H and O–H groups in total. The maximum absolute atomic E-state index is 12.3. The lowest BCUT2D eigenvalue weighted by atomic mass is 9.94. The maximum Gasteiger partial charge on any atom is 0.412 e. The van der Waals surface area contributed by atoms with Gasteiger partial charge in [-0.05, 0) is 52.7 Å². The van der Waals surface area contributed by atoms with Gasteiger partial charge in [0, 0.05) is 44.0 Å². The number of aliphatic hydroxyl groups is 1. The smallest absolute Gasteiger partial charge is 0.412 e. The quantitative estimate of drug-likeness (QED) is 0.471. The third-order valence-electron chi connectivity index (χ3n) is 6.35. The first-order valence-electron chi connectivity index (χ1n) is 12.2. The van der Waals surface area contributed by atoms with E-state index in [1.54, 1.807) is 19.4 Å². The van der Waals surface area contributed by atoms with Crippen LogP contribution in [-0.2, 0) is 11.2 Å². The van der Waals surface area contributed by atoms with Crippen molar-refractivity contribution in [1.29, 1.82) is 0 Å². The molecule has 1 aliphatic heterocycles. The molecule has 0 atom stereocenters. The monoisotopic (exact) mass is 496 g/mol. The van der Waals surface area contributed by atoms with E-state index in [0.717, 1.165) is 55.8 Å². The van der Waals surface area contributed by atoms with Gasteiger partial charge in [-0.15, -0.1) is 0 Å². The molecule has 194 valence electrons. The summed E-state index contributed by atoms with van der Waals surface area (Å²) in [6, 6.07) is 5.44. The second kappa shape index (κ2) is 9.94. The van der Waals surface area contributed by atoms with Crippen LogP contribution >= 0.6 is 0 Å². The predicted octanol–water partition coefficient (Wildman–Crippen LogP) is 3.72. The first-order chi connectivity index (χ1) is 17.0. The van der Waals surface area contributed by atoms with Crippen LogP contribution in [0.3, 0.4) is 0 Å². The summed E-state index contributed by atoms with van der Waals surface area (Å²) >= 11 is 0. The van der Waals surface area contributed by atoms with Crippen LogP contribution in [0.5, 0.6) is 5.75 Å². The average Bonchev–Trinajstić information content (AvgIpc) is 3.17. The number of nitrogens with one attached hydrogen (secondary N) is 1. The fourth-order valence-electron chi connectivity index (χ4n) is 4.38. The summed E-state index contributed by atoms with van der Waals surface area (Å²) in [6.45, 7) is 9.87. The van der Waals surface area contributed by atoms with Gasteiger partial charge in [0.2, 0.25) is 0 Å². The molecule has 0 radical (unpaired) electrons. The molecule has 1 fully saturated rings. The van der Waals surface area contributed by atoms with Crippen LogP contribution in [0.25, 0.3) is 16.8 Å². The minimum atomic E-state index is -0.612. The van der Waals surface area contributed by atoms with E-state index < -0.39 is 17.3 Å². The lowest BCUT2D eigenvalue weighted by molar-refractivity contribution is -0.00502. The predicted molar refractivity (Wildman–Crippen MR) is 139 cm³/mol. The van der Waals surface area contributed by atoms with Crippen molar-refractivity contribution in [3.8, 4) is 17.0 Å². The van der Waals surface area contributed by atoms with Crippen LogP contribution in [0, 0.1) is 0 Å². The second-order valence-corrected chi connectivity index (χ2v) is 10.5. The fraction of sp³-hybridized carbons (Fsp3) is 0.500. The molecule has 0 saturated carbocycles. The van der Waals surface area contributed by atoms with Crippen molar-refractivity contribution < 1.29 is 19.4 Å². The van der Waals surface area contributed by atoms with Gasteiger partial charge in [-0.3, -0.25) is 9.72 Å². The number of imidazole rings is 1. The SMILES string of the molecule is COc1cc(-c2nc(CCN3CCC(C)(O)CC3)n3ccnc(N)c23)ccc1NC(=O)OC(C)(C)C. The molecule has 0 aliphatic carbocycles. The van der Waals surface area contributed by atoms with Gasteiger partial charge in [0.1, 0.15) is 34.2 Å². The van der Waals surface area contributed by atoms with Gasteiger partial charge >= 0.3 is 6.09 Å². The minimum absolute atomic E-state index is 0.384. The number of amides is 1. The molecule has 10 heteroatoms. The van der Waals surface area contributed by atoms with Crippen molar-refractivity contribution in [3.63, 3.8) is 0 Å². The Morgan fingerprint density at radius 2 is 2.00 bits per heavy atom. The fourth-order valence-corrected chi connectivity index (χ4v) is 4.38. The van der Waals surface area contributed by atoms with Crippen molar-refractivity contribution in [3.05, 3.63) is 36.4 Å². The van der Waals surface area contributed by atoms with Crippen molar-refractivity contribution >= 4 is 23.1 Å². The molecule has 1 aliphatic rings. The Labute approximate surface area is 211 Å². The first kappa shape index (κ1) is 25.7. The van der Waals surface area contributed by atoms with Crippen molar-refractivity contribution in [2.24, 2.45) is 0 Å². The molecule has 0 unspecified atom stereocenters. The normalized spacial score (nSPS) is 16.2. The van der Waals surface area contributed by atoms with Crippen LogP contribution in [0.2, 0.25) is 0 Å². The molecule has 2 aromatic heterocycles. The molecule has 1 amide bonds. The summed E-state index contributed by atoms with van der Waals surface area (Å²) in [4.78, 5) is 23.8. The van der Waals surface area contributed by atoms with E-state index in [0.29, 0.717) is 22.9 Å². The minimum Gasteiger partial charge on any atom is -0.495 e. The highest BCUT2D eigenvalue weighted by atomic mass is 16.6. The van der Waals surface area contributed by atoms with E-state index in [9.17, 15) is 9.90 Å². The number of piperidine rings is 1. The van der Waals surface area contributed by atoms with Gasteiger partial charge in [-0.25, -0.2) is 14.8 Å². The van der Waals surface area contributed by atoms with Crippen LogP contribution in [0.4, 0.5) is 16.3 Å². The molecular formula is C26H36N6O4. The molecule has 10 nitrogen and oxygen atoms in total. The van der Waals surface area contributed by atoms with Gasteiger partial charge in [-0.1, -0.05) is 6.07 Å². The number of likely N-dealkylation sites (tertiary alicyclic amines) is 1. The molecule has 1 saturated heterocycles. The number of methoxy groups -OCH3 is 1. The number of rotatable bonds is 6. The summed E-state index contributed by atoms with van der Waals surface area (Å²) < 4.78 is 12.9. The maximum atomic E-state index is 12.3. The van der Waals surface area contributed by atoms with Crippen LogP contribution in [0.1, 0.15) is 46.4 Å². The van der Waals surface area contributed by atoms with Gasteiger partial charge in [0.25, 0.3) is 0 Å². The lowest BCUT2D eigenvalue weighted by Gasteiger charge is -2.35. The van der Waals surface area contributed by atoms with Gasteiger partial charge in [0.05, 0.1) is 18.4 Å². The second-order valence-electron chi connectivity index (χ2n) is 10.5. The third-order valence-corrected chi connectivity index (χ3v) is 6.35. The molecular weight excluding hydrogens is 460 g/mol. The highest BCUT2D eigenvalue weighted by Gasteiger charge is 2.27. The summed E-state index contributed by atoms with van der Waals surface area (Å²) in [7, 11) is 1.54. The molecule has 3 heterocycles. The summed E-state index contributed by atoms with van der Waals surface area (Å²) in [5, 5.41) is 13.0. The standard InChI is InChI=1S/C26H36N6O4/c1-25(2,3)36-24(33)29-18-7-6-17(16-19(18)35-5)21-22-23(27)28-11-15-32(22)20(30-21)8-12-31-13-9-26(4,34)10-14-31/h6-7,11,15-16,34H,8-10,12-14H2,1-5H3,(H2,27,28)(H,29,33). The van der Waals surface area contributed by atoms with Crippen molar-refractivity contribution in [2.45, 2.75) is 58.2 Å². The van der Waals surface area contributed by atoms with E-state index in [1.807, 2.05) is 50.4 Å². The zero-order valence-electron chi connectivity index (χ0n) is 21.7. The molecule has 0 bridgehead atoms. The zero-order chi connectivity index (χ0) is 26.1. The third kappa shape index (κ3) is 5.88. The van der Waals surface area contributed by atoms with Crippen molar-refractivity contribution in [2.75, 3.05) is 37.8 Å². The number of benzene rings is 1. The Kier molecular flexibility index (Phi) is 7.10. The topological polar surface area (TPSA) is 127 Å². The highest BCUT2D eigenvalue weighted by Crippen LogP contribution is 2.34. The Morgan fingerprint density at radius 1 is 1.28 bits per heavy atom. The summed E-state index contributed by atoms with van der Waals surface area (Å²) in [5.74, 6) is 1.74. The largest absolute Gasteiger partial charge is 0.495 e. The Balaban J connectivity index is 1.60. The van der Waals surface area contributed by atoms with Gasteiger partial charge < -0.3 is 25.2 Å². The van der Waals surface area contributed by atoms with Crippen LogP contribution in [0.15, 0.2) is 30.6 Å². The summed E-state index contributed by atoms with van der Waals surface area (Å²) in [5.41, 5.74) is 7.80. The number of carbonyl (C=O) groups is 1. The van der Waals surface area contributed by atoms with E-state index in [-0.39, 0.29) is 0 Å². The average molecular weight is 497 g/mol. The van der Waals surface area contributed by atoms with Gasteiger partial charge in [-0.2, -0.15) is 0 Å². The molecule has 1 aromatic carbocycles. The lowest BCUT2D eigenvalue weighted by Crippen LogP contribution is -2.43. The molecule has 36 heavy (non-hydrogen) atoms. The zero-order valence-corrected chi connectivity index (χ0v) is 21.7. The Morgan fingerprint density at radius 3 is 2.67 bits per heavy atom. The van der Waals surface area contributed by atoms with E-state index in [1.165, 1.54) is 0 Å². The Bertz CT molecular complexity index is 1240. The highest BCUT2D eigenvalue weighted by molar-refractivity contribution is 5.90. The number of nitrogens with zero attached hydrogens (tertiary/aromatic N) is 4. The summed E-state index contributed by atoms with van der Waals surface area (Å²) in [6.07, 6.45) is 5.23. The molecule has 0 spiro atoms. The molecule has 3 aromatic rings. The number of anilines is 2. The van der Waals surface area contributed by atoms with E-state index in [4.69, 9.17) is 20.2 Å². The number of carbonyl (C=O) groups excluding carboxylic acids is 1. The van der Waals surface area contributed by atoms with Gasteiger partial charge in [0.15, 0.2) is 0 Å². The number of nitrogens with two attached hydrogens (primary N) is 1. The van der Waals surface area contributed by atoms with E-state index in [2.05, 4.69) is 15.2 Å². The first-order valence-corrected chi connectivity index (χ1v) is 12.2. The van der Waals surface area contributed by atoms with Crippen LogP contribution < -0.4 is 15.8 Å². The van der Waals surface area contributed by atoms with E-state index >= 15 is 0 Å². The number of ether oxygens (including phenoxy) is 2. The Hall–Kier alpha value is -3.37.